The van der Waals surface area contributed by atoms with Crippen molar-refractivity contribution in [1.29, 1.82) is 0 Å². The van der Waals surface area contributed by atoms with Gasteiger partial charge in [0.15, 0.2) is 0 Å². The second-order valence-electron chi connectivity index (χ2n) is 4.65. The Morgan fingerprint density at radius 1 is 1.39 bits per heavy atom. The van der Waals surface area contributed by atoms with Crippen molar-refractivity contribution in [2.45, 2.75) is 25.3 Å². The molecular weight excluding hydrogens is 269 g/mol. The van der Waals surface area contributed by atoms with Gasteiger partial charge in [-0.1, -0.05) is 35.3 Å². The zero-order valence-electron chi connectivity index (χ0n) is 10.5. The second kappa shape index (κ2) is 7.15. The highest BCUT2D eigenvalue weighted by Gasteiger charge is 2.22. The third-order valence-corrected chi connectivity index (χ3v) is 3.57. The van der Waals surface area contributed by atoms with Crippen LogP contribution in [0.5, 0.6) is 0 Å². The summed E-state index contributed by atoms with van der Waals surface area (Å²) in [6.45, 7) is 6.51. The molecule has 0 aliphatic heterocycles. The fraction of sp³-hybridized carbons (Fsp3) is 0.429. The maximum atomic E-state index is 9.52. The molecule has 2 nitrogen and oxygen atoms in total. The summed E-state index contributed by atoms with van der Waals surface area (Å²) in [5.74, 6) is 0. The Hall–Kier alpha value is -0.540. The zero-order valence-corrected chi connectivity index (χ0v) is 12.1. The van der Waals surface area contributed by atoms with Crippen LogP contribution in [0.4, 0.5) is 0 Å². The van der Waals surface area contributed by atoms with E-state index in [2.05, 4.69) is 11.9 Å². The lowest BCUT2D eigenvalue weighted by Gasteiger charge is -2.29. The maximum Gasteiger partial charge on any atom is 0.0613 e. The summed E-state index contributed by atoms with van der Waals surface area (Å²) in [6, 6.07) is 5.55. The molecule has 0 fully saturated rings. The van der Waals surface area contributed by atoms with E-state index < -0.39 is 0 Å². The minimum Gasteiger partial charge on any atom is -0.394 e. The lowest BCUT2D eigenvalue weighted by Crippen LogP contribution is -2.48. The molecule has 1 atom stereocenters. The Kier molecular flexibility index (Phi) is 6.16. The number of hydrogen-bond donors (Lipinski definition) is 2. The SMILES string of the molecule is C=CCCNC(C)(CO)Cc1ccc(Cl)c(Cl)c1. The summed E-state index contributed by atoms with van der Waals surface area (Å²) in [5, 5.41) is 13.9. The van der Waals surface area contributed by atoms with E-state index in [4.69, 9.17) is 23.2 Å². The third kappa shape index (κ3) is 4.62. The minimum atomic E-state index is -0.361. The lowest BCUT2D eigenvalue weighted by atomic mass is 9.93. The third-order valence-electron chi connectivity index (χ3n) is 2.83. The van der Waals surface area contributed by atoms with Gasteiger partial charge in [0.2, 0.25) is 0 Å². The van der Waals surface area contributed by atoms with Crippen molar-refractivity contribution in [3.05, 3.63) is 46.5 Å². The van der Waals surface area contributed by atoms with Gasteiger partial charge in [0.05, 0.1) is 16.7 Å². The molecular formula is C14H19Cl2NO. The number of benzene rings is 1. The van der Waals surface area contributed by atoms with Crippen LogP contribution in [0.2, 0.25) is 10.0 Å². The van der Waals surface area contributed by atoms with Crippen LogP contribution >= 0.6 is 23.2 Å². The Bertz CT molecular complexity index is 409. The molecule has 0 aliphatic carbocycles. The number of aliphatic hydroxyl groups excluding tert-OH is 1. The number of aliphatic hydroxyl groups is 1. The molecule has 0 saturated carbocycles. The molecule has 1 rings (SSSR count). The van der Waals surface area contributed by atoms with E-state index in [0.717, 1.165) is 18.5 Å². The number of nitrogens with one attached hydrogen (secondary N) is 1. The first-order valence-corrected chi connectivity index (χ1v) is 6.67. The predicted octanol–water partition coefficient (Wildman–Crippen LogP) is 3.45. The molecule has 18 heavy (non-hydrogen) atoms. The van der Waals surface area contributed by atoms with Crippen molar-refractivity contribution in [3.8, 4) is 0 Å². The van der Waals surface area contributed by atoms with E-state index >= 15 is 0 Å². The molecule has 0 amide bonds. The first kappa shape index (κ1) is 15.5. The molecule has 0 aliphatic rings. The lowest BCUT2D eigenvalue weighted by molar-refractivity contribution is 0.175. The van der Waals surface area contributed by atoms with Gasteiger partial charge < -0.3 is 10.4 Å². The van der Waals surface area contributed by atoms with E-state index in [1.165, 1.54) is 0 Å². The van der Waals surface area contributed by atoms with Crippen molar-refractivity contribution in [3.63, 3.8) is 0 Å². The van der Waals surface area contributed by atoms with Gasteiger partial charge >= 0.3 is 0 Å². The molecule has 0 radical (unpaired) electrons. The van der Waals surface area contributed by atoms with Crippen LogP contribution in [0.15, 0.2) is 30.9 Å². The molecule has 4 heteroatoms. The summed E-state index contributed by atoms with van der Waals surface area (Å²) >= 11 is 11.9. The van der Waals surface area contributed by atoms with Gasteiger partial charge in [-0.3, -0.25) is 0 Å². The first-order chi connectivity index (χ1) is 8.50. The fourth-order valence-electron chi connectivity index (χ4n) is 1.75. The summed E-state index contributed by atoms with van der Waals surface area (Å²) in [5.41, 5.74) is 0.687. The Morgan fingerprint density at radius 3 is 2.67 bits per heavy atom. The van der Waals surface area contributed by atoms with E-state index in [-0.39, 0.29) is 12.1 Å². The van der Waals surface area contributed by atoms with Crippen LogP contribution in [0.1, 0.15) is 18.9 Å². The molecule has 0 aromatic heterocycles. The zero-order chi connectivity index (χ0) is 13.6. The Morgan fingerprint density at radius 2 is 2.11 bits per heavy atom. The van der Waals surface area contributed by atoms with Gasteiger partial charge in [0.25, 0.3) is 0 Å². The summed E-state index contributed by atoms with van der Waals surface area (Å²) in [7, 11) is 0. The summed E-state index contributed by atoms with van der Waals surface area (Å²) < 4.78 is 0. The quantitative estimate of drug-likeness (QED) is 0.595. The Labute approximate surface area is 119 Å². The molecule has 0 spiro atoms. The molecule has 1 aromatic carbocycles. The monoisotopic (exact) mass is 287 g/mol. The molecule has 0 heterocycles. The highest BCUT2D eigenvalue weighted by atomic mass is 35.5. The van der Waals surface area contributed by atoms with Crippen molar-refractivity contribution >= 4 is 23.2 Å². The number of rotatable bonds is 7. The summed E-state index contributed by atoms with van der Waals surface area (Å²) in [6.07, 6.45) is 3.42. The van der Waals surface area contributed by atoms with E-state index in [1.54, 1.807) is 6.07 Å². The first-order valence-electron chi connectivity index (χ1n) is 5.91. The average molecular weight is 288 g/mol. The van der Waals surface area contributed by atoms with Crippen LogP contribution in [-0.2, 0) is 6.42 Å². The molecule has 0 saturated heterocycles. The van der Waals surface area contributed by atoms with Crippen LogP contribution < -0.4 is 5.32 Å². The Balaban J connectivity index is 2.71. The van der Waals surface area contributed by atoms with Crippen molar-refractivity contribution in [2.75, 3.05) is 13.2 Å². The van der Waals surface area contributed by atoms with Gasteiger partial charge in [0.1, 0.15) is 0 Å². The topological polar surface area (TPSA) is 32.3 Å². The molecule has 1 unspecified atom stereocenters. The summed E-state index contributed by atoms with van der Waals surface area (Å²) in [4.78, 5) is 0. The molecule has 2 N–H and O–H groups in total. The van der Waals surface area contributed by atoms with Gasteiger partial charge in [-0.2, -0.15) is 0 Å². The molecule has 1 aromatic rings. The van der Waals surface area contributed by atoms with Crippen molar-refractivity contribution < 1.29 is 5.11 Å². The number of halogens is 2. The smallest absolute Gasteiger partial charge is 0.0613 e. The van der Waals surface area contributed by atoms with Crippen LogP contribution in [0.3, 0.4) is 0 Å². The van der Waals surface area contributed by atoms with Crippen LogP contribution in [-0.4, -0.2) is 23.8 Å². The van der Waals surface area contributed by atoms with E-state index in [1.807, 2.05) is 25.1 Å². The van der Waals surface area contributed by atoms with E-state index in [9.17, 15) is 5.11 Å². The van der Waals surface area contributed by atoms with Gasteiger partial charge in [-0.05, 0) is 44.0 Å². The normalized spacial score (nSPS) is 14.2. The van der Waals surface area contributed by atoms with Gasteiger partial charge in [0, 0.05) is 5.54 Å². The largest absolute Gasteiger partial charge is 0.394 e. The number of hydrogen-bond acceptors (Lipinski definition) is 2. The van der Waals surface area contributed by atoms with Crippen LogP contribution in [0, 0.1) is 0 Å². The highest BCUT2D eigenvalue weighted by molar-refractivity contribution is 6.42. The molecule has 100 valence electrons. The maximum absolute atomic E-state index is 9.52. The van der Waals surface area contributed by atoms with E-state index in [0.29, 0.717) is 16.5 Å². The van der Waals surface area contributed by atoms with Crippen molar-refractivity contribution in [2.24, 2.45) is 0 Å². The van der Waals surface area contributed by atoms with Crippen molar-refractivity contribution in [1.82, 2.24) is 5.32 Å². The highest BCUT2D eigenvalue weighted by Crippen LogP contribution is 2.24. The van der Waals surface area contributed by atoms with Gasteiger partial charge in [-0.15, -0.1) is 6.58 Å². The molecule has 0 bridgehead atoms. The second-order valence-corrected chi connectivity index (χ2v) is 5.46. The minimum absolute atomic E-state index is 0.0599. The average Bonchev–Trinajstić information content (AvgIpc) is 2.34. The van der Waals surface area contributed by atoms with Gasteiger partial charge in [-0.25, -0.2) is 0 Å². The van der Waals surface area contributed by atoms with Crippen LogP contribution in [0.25, 0.3) is 0 Å². The predicted molar refractivity (Wildman–Crippen MR) is 78.5 cm³/mol. The fourth-order valence-corrected chi connectivity index (χ4v) is 2.07. The standard InChI is InChI=1S/C14H19Cl2NO/c1-3-4-7-17-14(2,10-18)9-11-5-6-12(15)13(16)8-11/h3,5-6,8,17-18H,1,4,7,9-10H2,2H3.